The molecular weight excluding hydrogens is 417 g/mol. The van der Waals surface area contributed by atoms with Gasteiger partial charge in [-0.2, -0.15) is 0 Å². The highest BCUT2D eigenvalue weighted by Gasteiger charge is 2.19. The first kappa shape index (κ1) is 11.4. The molecule has 70 valence electrons. The van der Waals surface area contributed by atoms with E-state index < -0.39 is 0 Å². The maximum Gasteiger partial charge on any atom is 0.287 e. The van der Waals surface area contributed by atoms with Crippen LogP contribution in [0.4, 0.5) is 5.69 Å². The fourth-order valence-electron chi connectivity index (χ4n) is 0.929. The molecule has 0 bridgehead atoms. The number of hydrogen-bond acceptors (Lipinski definition) is 2. The summed E-state index contributed by atoms with van der Waals surface area (Å²) >= 11 is 8.55. The third kappa shape index (κ3) is 2.21. The minimum atomic E-state index is -0.381. The van der Waals surface area contributed by atoms with E-state index in [-0.39, 0.29) is 10.6 Å². The van der Waals surface area contributed by atoms with Crippen molar-refractivity contribution in [2.75, 3.05) is 0 Å². The Morgan fingerprint density at radius 3 is 2.46 bits per heavy atom. The van der Waals surface area contributed by atoms with Crippen molar-refractivity contribution < 1.29 is 4.92 Å². The zero-order chi connectivity index (χ0) is 10.2. The SMILES string of the molecule is Cc1c(I)c(Br)cc(Br)c1[N+](=O)[O-]. The summed E-state index contributed by atoms with van der Waals surface area (Å²) in [7, 11) is 0. The molecule has 0 amide bonds. The lowest BCUT2D eigenvalue weighted by Crippen LogP contribution is -1.95. The molecule has 0 radical (unpaired) electrons. The van der Waals surface area contributed by atoms with E-state index in [0.29, 0.717) is 10.0 Å². The number of nitro groups is 1. The maximum atomic E-state index is 10.7. The lowest BCUT2D eigenvalue weighted by atomic mass is 10.2. The maximum absolute atomic E-state index is 10.7. The second kappa shape index (κ2) is 4.22. The second-order valence-electron chi connectivity index (χ2n) is 2.38. The molecule has 0 spiro atoms. The molecule has 0 fully saturated rings. The molecule has 3 nitrogen and oxygen atoms in total. The standard InChI is InChI=1S/C7H4Br2INO2/c1-3-6(10)4(8)2-5(9)7(3)11(12)13/h2H,1H3. The predicted molar refractivity (Wildman–Crippen MR) is 66.0 cm³/mol. The Labute approximate surface area is 105 Å². The van der Waals surface area contributed by atoms with Crippen LogP contribution >= 0.6 is 54.5 Å². The van der Waals surface area contributed by atoms with Crippen molar-refractivity contribution in [1.82, 2.24) is 0 Å². The molecule has 0 saturated heterocycles. The van der Waals surface area contributed by atoms with Gasteiger partial charge in [0.15, 0.2) is 0 Å². The van der Waals surface area contributed by atoms with Crippen molar-refractivity contribution >= 4 is 60.1 Å². The highest BCUT2D eigenvalue weighted by molar-refractivity contribution is 14.1. The van der Waals surface area contributed by atoms with Crippen molar-refractivity contribution in [1.29, 1.82) is 0 Å². The summed E-state index contributed by atoms with van der Waals surface area (Å²) in [5, 5.41) is 10.7. The van der Waals surface area contributed by atoms with Crippen LogP contribution in [0.3, 0.4) is 0 Å². The fourth-order valence-corrected chi connectivity index (χ4v) is 2.85. The molecule has 1 rings (SSSR count). The van der Waals surface area contributed by atoms with Crippen molar-refractivity contribution in [2.24, 2.45) is 0 Å². The van der Waals surface area contributed by atoms with Gasteiger partial charge >= 0.3 is 0 Å². The Morgan fingerprint density at radius 2 is 2.00 bits per heavy atom. The van der Waals surface area contributed by atoms with Gasteiger partial charge in [0.25, 0.3) is 5.69 Å². The van der Waals surface area contributed by atoms with Gasteiger partial charge in [0, 0.05) is 13.6 Å². The summed E-state index contributed by atoms with van der Waals surface area (Å²) in [6, 6.07) is 1.69. The molecule has 0 heterocycles. The number of benzene rings is 1. The van der Waals surface area contributed by atoms with E-state index in [2.05, 4.69) is 54.5 Å². The Hall–Kier alpha value is 0.310. The zero-order valence-corrected chi connectivity index (χ0v) is 11.8. The average molecular weight is 421 g/mol. The van der Waals surface area contributed by atoms with Crippen LogP contribution in [0.1, 0.15) is 5.56 Å². The number of rotatable bonds is 1. The van der Waals surface area contributed by atoms with E-state index in [1.807, 2.05) is 0 Å². The predicted octanol–water partition coefficient (Wildman–Crippen LogP) is 4.03. The first-order valence-electron chi connectivity index (χ1n) is 3.23. The summed E-state index contributed by atoms with van der Waals surface area (Å²) in [5.74, 6) is 0. The molecular formula is C7H4Br2INO2. The van der Waals surface area contributed by atoms with Crippen molar-refractivity contribution in [3.05, 3.63) is 34.3 Å². The van der Waals surface area contributed by atoms with E-state index in [0.717, 1.165) is 8.04 Å². The molecule has 0 aromatic heterocycles. The van der Waals surface area contributed by atoms with Gasteiger partial charge in [-0.25, -0.2) is 0 Å². The zero-order valence-electron chi connectivity index (χ0n) is 6.47. The fraction of sp³-hybridized carbons (Fsp3) is 0.143. The Morgan fingerprint density at radius 1 is 1.46 bits per heavy atom. The van der Waals surface area contributed by atoms with E-state index in [4.69, 9.17) is 0 Å². The Bertz CT molecular complexity index is 381. The summed E-state index contributed by atoms with van der Waals surface area (Å²) in [6.45, 7) is 1.73. The second-order valence-corrected chi connectivity index (χ2v) is 5.17. The van der Waals surface area contributed by atoms with Gasteiger partial charge in [0.1, 0.15) is 0 Å². The summed E-state index contributed by atoms with van der Waals surface area (Å²) in [5.41, 5.74) is 0.805. The van der Waals surface area contributed by atoms with Crippen LogP contribution in [0, 0.1) is 20.6 Å². The van der Waals surface area contributed by atoms with E-state index in [1.165, 1.54) is 0 Å². The molecule has 6 heteroatoms. The largest absolute Gasteiger partial charge is 0.287 e. The van der Waals surface area contributed by atoms with Gasteiger partial charge in [-0.1, -0.05) is 0 Å². The monoisotopic (exact) mass is 419 g/mol. The van der Waals surface area contributed by atoms with Crippen molar-refractivity contribution in [2.45, 2.75) is 6.92 Å². The van der Waals surface area contributed by atoms with Gasteiger partial charge in [-0.15, -0.1) is 0 Å². The topological polar surface area (TPSA) is 43.1 Å². The summed E-state index contributed by atoms with van der Waals surface area (Å²) < 4.78 is 2.23. The number of hydrogen-bond donors (Lipinski definition) is 0. The van der Waals surface area contributed by atoms with Crippen LogP contribution < -0.4 is 0 Å². The van der Waals surface area contributed by atoms with Crippen LogP contribution in [-0.2, 0) is 0 Å². The summed E-state index contributed by atoms with van der Waals surface area (Å²) in [6.07, 6.45) is 0. The lowest BCUT2D eigenvalue weighted by Gasteiger charge is -2.04. The van der Waals surface area contributed by atoms with Gasteiger partial charge in [-0.3, -0.25) is 10.1 Å². The molecule has 13 heavy (non-hydrogen) atoms. The third-order valence-electron chi connectivity index (χ3n) is 1.56. The molecule has 1 aromatic carbocycles. The van der Waals surface area contributed by atoms with Crippen molar-refractivity contribution in [3.63, 3.8) is 0 Å². The van der Waals surface area contributed by atoms with E-state index in [1.54, 1.807) is 13.0 Å². The van der Waals surface area contributed by atoms with Gasteiger partial charge in [-0.05, 0) is 67.4 Å². The molecule has 0 aliphatic carbocycles. The normalized spacial score (nSPS) is 10.2. The van der Waals surface area contributed by atoms with Crippen LogP contribution in [0.5, 0.6) is 0 Å². The molecule has 0 unspecified atom stereocenters. The third-order valence-corrected chi connectivity index (χ3v) is 4.92. The Kier molecular flexibility index (Phi) is 3.70. The quantitative estimate of drug-likeness (QED) is 0.298. The molecule has 0 atom stereocenters. The van der Waals surface area contributed by atoms with Gasteiger partial charge < -0.3 is 0 Å². The lowest BCUT2D eigenvalue weighted by molar-refractivity contribution is -0.386. The number of halogens is 3. The smallest absolute Gasteiger partial charge is 0.258 e. The van der Waals surface area contributed by atoms with E-state index >= 15 is 0 Å². The number of nitro benzene ring substituents is 1. The van der Waals surface area contributed by atoms with Gasteiger partial charge in [0.05, 0.1) is 9.40 Å². The first-order valence-corrected chi connectivity index (χ1v) is 5.90. The minimum Gasteiger partial charge on any atom is -0.258 e. The number of nitrogens with zero attached hydrogens (tertiary/aromatic N) is 1. The van der Waals surface area contributed by atoms with Crippen molar-refractivity contribution in [3.8, 4) is 0 Å². The van der Waals surface area contributed by atoms with Crippen LogP contribution in [0.15, 0.2) is 15.0 Å². The Balaban J connectivity index is 3.53. The molecule has 0 aliphatic heterocycles. The molecule has 1 aromatic rings. The average Bonchev–Trinajstić information content (AvgIpc) is 1.99. The minimum absolute atomic E-state index is 0.132. The molecule has 0 aliphatic rings. The van der Waals surface area contributed by atoms with Crippen LogP contribution in [-0.4, -0.2) is 4.92 Å². The molecule has 0 N–H and O–H groups in total. The van der Waals surface area contributed by atoms with Crippen LogP contribution in [0.25, 0.3) is 0 Å². The highest BCUT2D eigenvalue weighted by Crippen LogP contribution is 2.36. The molecule has 0 saturated carbocycles. The van der Waals surface area contributed by atoms with Crippen LogP contribution in [0.2, 0.25) is 0 Å². The first-order chi connectivity index (χ1) is 5.95. The van der Waals surface area contributed by atoms with E-state index in [9.17, 15) is 10.1 Å². The highest BCUT2D eigenvalue weighted by atomic mass is 127. The summed E-state index contributed by atoms with van der Waals surface area (Å²) in [4.78, 5) is 10.3. The van der Waals surface area contributed by atoms with Gasteiger partial charge in [0.2, 0.25) is 0 Å².